The predicted molar refractivity (Wildman–Crippen MR) is 145 cm³/mol. The van der Waals surface area contributed by atoms with E-state index in [0.29, 0.717) is 37.9 Å². The van der Waals surface area contributed by atoms with Gasteiger partial charge in [0.1, 0.15) is 18.1 Å². The van der Waals surface area contributed by atoms with E-state index >= 15 is 0 Å². The second-order valence-corrected chi connectivity index (χ2v) is 10.2. The van der Waals surface area contributed by atoms with Gasteiger partial charge in [-0.2, -0.15) is 0 Å². The van der Waals surface area contributed by atoms with Crippen LogP contribution in [0, 0.1) is 19.8 Å². The molecule has 1 unspecified atom stereocenters. The summed E-state index contributed by atoms with van der Waals surface area (Å²) in [5, 5.41) is 12.2. The molecule has 2 heterocycles. The number of carboxylic acids is 1. The van der Waals surface area contributed by atoms with Crippen molar-refractivity contribution in [2.75, 3.05) is 25.1 Å². The fourth-order valence-corrected chi connectivity index (χ4v) is 5.40. The molecule has 0 aromatic heterocycles. The highest BCUT2D eigenvalue weighted by atomic mass is 16.5. The van der Waals surface area contributed by atoms with Crippen molar-refractivity contribution >= 4 is 17.6 Å². The third-order valence-electron chi connectivity index (χ3n) is 7.30. The molecule has 1 saturated heterocycles. The summed E-state index contributed by atoms with van der Waals surface area (Å²) < 4.78 is 17.1. The molecule has 7 nitrogen and oxygen atoms in total. The Morgan fingerprint density at radius 3 is 2.53 bits per heavy atom. The lowest BCUT2D eigenvalue weighted by Crippen LogP contribution is -2.28. The number of hydrogen-bond acceptors (Lipinski definition) is 5. The van der Waals surface area contributed by atoms with E-state index in [1.165, 1.54) is 0 Å². The fraction of sp³-hybridized carbons (Fsp3) is 0.355. The highest BCUT2D eigenvalue weighted by Gasteiger charge is 2.27. The van der Waals surface area contributed by atoms with Gasteiger partial charge in [0, 0.05) is 42.4 Å². The number of aliphatic carboxylic acids is 1. The van der Waals surface area contributed by atoms with Gasteiger partial charge in [-0.25, -0.2) is 0 Å². The van der Waals surface area contributed by atoms with Gasteiger partial charge in [0.15, 0.2) is 0 Å². The normalized spacial score (nSPS) is 16.9. The van der Waals surface area contributed by atoms with Crippen molar-refractivity contribution < 1.29 is 28.9 Å². The SMILES string of the molecule is Cc1cc(NC(=O)C2CCOCC2)cc(C)c1-c1cccc(COc2ccc3c(c2)OCC3CC(=O)O)c1. The Hall–Kier alpha value is -3.84. The minimum Gasteiger partial charge on any atom is -0.492 e. The Labute approximate surface area is 222 Å². The van der Waals surface area contributed by atoms with Crippen molar-refractivity contribution in [3.05, 3.63) is 76.9 Å². The third-order valence-corrected chi connectivity index (χ3v) is 7.30. The zero-order chi connectivity index (χ0) is 26.6. The van der Waals surface area contributed by atoms with Gasteiger partial charge in [-0.15, -0.1) is 0 Å². The van der Waals surface area contributed by atoms with Crippen LogP contribution < -0.4 is 14.8 Å². The van der Waals surface area contributed by atoms with Crippen LogP contribution in [-0.4, -0.2) is 36.8 Å². The number of nitrogens with one attached hydrogen (secondary N) is 1. The summed E-state index contributed by atoms with van der Waals surface area (Å²) >= 11 is 0. The van der Waals surface area contributed by atoms with Gasteiger partial charge in [-0.1, -0.05) is 24.3 Å². The molecule has 7 heteroatoms. The molecular formula is C31H33NO6. The van der Waals surface area contributed by atoms with Gasteiger partial charge in [-0.05, 0) is 78.8 Å². The lowest BCUT2D eigenvalue weighted by atomic mass is 9.93. The number of anilines is 1. The molecule has 2 aliphatic heterocycles. The summed E-state index contributed by atoms with van der Waals surface area (Å²) in [5.41, 5.74) is 7.20. The molecule has 3 aromatic rings. The van der Waals surface area contributed by atoms with E-state index in [-0.39, 0.29) is 24.2 Å². The van der Waals surface area contributed by atoms with Gasteiger partial charge in [-0.3, -0.25) is 9.59 Å². The average molecular weight is 516 g/mol. The summed E-state index contributed by atoms with van der Waals surface area (Å²) in [4.78, 5) is 23.8. The Morgan fingerprint density at radius 2 is 1.79 bits per heavy atom. The van der Waals surface area contributed by atoms with Crippen LogP contribution in [0.1, 0.15) is 47.4 Å². The van der Waals surface area contributed by atoms with Gasteiger partial charge >= 0.3 is 5.97 Å². The first kappa shape index (κ1) is 25.8. The number of carbonyl (C=O) groups excluding carboxylic acids is 1. The maximum atomic E-state index is 12.7. The van der Waals surface area contributed by atoms with Gasteiger partial charge in [0.25, 0.3) is 0 Å². The number of carboxylic acid groups (broad SMARTS) is 1. The fourth-order valence-electron chi connectivity index (χ4n) is 5.40. The van der Waals surface area contributed by atoms with Crippen LogP contribution in [0.25, 0.3) is 11.1 Å². The minimum atomic E-state index is -0.827. The van der Waals surface area contributed by atoms with Crippen molar-refractivity contribution in [3.63, 3.8) is 0 Å². The number of amides is 1. The first-order chi connectivity index (χ1) is 18.4. The number of rotatable bonds is 8. The zero-order valence-electron chi connectivity index (χ0n) is 21.8. The summed E-state index contributed by atoms with van der Waals surface area (Å²) in [7, 11) is 0. The molecule has 198 valence electrons. The van der Waals surface area contributed by atoms with E-state index in [0.717, 1.165) is 51.9 Å². The first-order valence-corrected chi connectivity index (χ1v) is 13.1. The molecule has 0 spiro atoms. The molecule has 1 atom stereocenters. The molecule has 0 bridgehead atoms. The summed E-state index contributed by atoms with van der Waals surface area (Å²) in [5.74, 6) is 0.491. The van der Waals surface area contributed by atoms with E-state index in [1.54, 1.807) is 0 Å². The van der Waals surface area contributed by atoms with Crippen LogP contribution in [0.2, 0.25) is 0 Å². The van der Waals surface area contributed by atoms with E-state index in [9.17, 15) is 9.59 Å². The van der Waals surface area contributed by atoms with Crippen LogP contribution in [0.3, 0.4) is 0 Å². The number of carbonyl (C=O) groups is 2. The Balaban J connectivity index is 1.26. The number of hydrogen-bond donors (Lipinski definition) is 2. The summed E-state index contributed by atoms with van der Waals surface area (Å²) in [6.45, 7) is 6.19. The third kappa shape index (κ3) is 5.83. The Bertz CT molecular complexity index is 1320. The minimum absolute atomic E-state index is 0.00382. The molecule has 0 aliphatic carbocycles. The lowest BCUT2D eigenvalue weighted by Gasteiger charge is -2.22. The standard InChI is InChI=1S/C31H33NO6/c1-19-12-25(32-31(35)22-8-10-36-11-9-22)13-20(2)30(19)23-5-3-4-21(14-23)17-37-26-6-7-27-24(15-29(33)34)18-38-28(27)16-26/h3-7,12-14,16,22,24H,8-11,15,17-18H2,1-2H3,(H,32,35)(H,33,34). The smallest absolute Gasteiger partial charge is 0.304 e. The number of aryl methyl sites for hydroxylation is 2. The first-order valence-electron chi connectivity index (χ1n) is 13.1. The largest absolute Gasteiger partial charge is 0.492 e. The van der Waals surface area contributed by atoms with Gasteiger partial charge in [0.2, 0.25) is 5.91 Å². The van der Waals surface area contributed by atoms with E-state index in [4.69, 9.17) is 19.3 Å². The van der Waals surface area contributed by atoms with E-state index < -0.39 is 5.97 Å². The van der Waals surface area contributed by atoms with Crippen molar-refractivity contribution in [1.82, 2.24) is 0 Å². The highest BCUT2D eigenvalue weighted by Crippen LogP contribution is 2.38. The molecule has 2 aliphatic rings. The molecule has 5 rings (SSSR count). The second-order valence-electron chi connectivity index (χ2n) is 10.2. The maximum absolute atomic E-state index is 12.7. The van der Waals surface area contributed by atoms with E-state index in [1.807, 2.05) is 42.5 Å². The number of benzene rings is 3. The summed E-state index contributed by atoms with van der Waals surface area (Å²) in [6, 6.07) is 17.9. The molecule has 0 saturated carbocycles. The number of ether oxygens (including phenoxy) is 3. The van der Waals surface area contributed by atoms with Crippen molar-refractivity contribution in [1.29, 1.82) is 0 Å². The lowest BCUT2D eigenvalue weighted by molar-refractivity contribution is -0.137. The van der Waals surface area contributed by atoms with Crippen LogP contribution in [-0.2, 0) is 20.9 Å². The van der Waals surface area contributed by atoms with Crippen LogP contribution in [0.15, 0.2) is 54.6 Å². The monoisotopic (exact) mass is 515 g/mol. The predicted octanol–water partition coefficient (Wildman–Crippen LogP) is 5.87. The van der Waals surface area contributed by atoms with Gasteiger partial charge in [0.05, 0.1) is 13.0 Å². The average Bonchev–Trinajstić information content (AvgIpc) is 3.29. The Morgan fingerprint density at radius 1 is 1.03 bits per heavy atom. The highest BCUT2D eigenvalue weighted by molar-refractivity contribution is 5.93. The van der Waals surface area contributed by atoms with Crippen LogP contribution >= 0.6 is 0 Å². The quantitative estimate of drug-likeness (QED) is 0.390. The van der Waals surface area contributed by atoms with Crippen molar-refractivity contribution in [2.24, 2.45) is 5.92 Å². The topological polar surface area (TPSA) is 94.1 Å². The molecule has 1 fully saturated rings. The van der Waals surface area contributed by atoms with Crippen LogP contribution in [0.5, 0.6) is 11.5 Å². The molecular weight excluding hydrogens is 482 g/mol. The molecule has 3 aromatic carbocycles. The zero-order valence-corrected chi connectivity index (χ0v) is 21.8. The van der Waals surface area contributed by atoms with Crippen LogP contribution in [0.4, 0.5) is 5.69 Å². The Kier molecular flexibility index (Phi) is 7.65. The van der Waals surface area contributed by atoms with E-state index in [2.05, 4.69) is 31.3 Å². The van der Waals surface area contributed by atoms with Crippen molar-refractivity contribution in [3.8, 4) is 22.6 Å². The maximum Gasteiger partial charge on any atom is 0.304 e. The second kappa shape index (κ2) is 11.3. The van der Waals surface area contributed by atoms with Crippen molar-refractivity contribution in [2.45, 2.75) is 45.6 Å². The molecule has 38 heavy (non-hydrogen) atoms. The number of fused-ring (bicyclic) bond motifs is 1. The molecule has 0 radical (unpaired) electrons. The molecule has 1 amide bonds. The van der Waals surface area contributed by atoms with Gasteiger partial charge < -0.3 is 24.6 Å². The molecule has 2 N–H and O–H groups in total. The summed E-state index contributed by atoms with van der Waals surface area (Å²) in [6.07, 6.45) is 1.59.